The predicted molar refractivity (Wildman–Crippen MR) is 103 cm³/mol. The maximum Gasteiger partial charge on any atom is 0.305 e. The molecule has 164 valence electrons. The van der Waals surface area contributed by atoms with Crippen LogP contribution >= 0.6 is 11.6 Å². The summed E-state index contributed by atoms with van der Waals surface area (Å²) in [5, 5.41) is 37.8. The van der Waals surface area contributed by atoms with Gasteiger partial charge in [0, 0.05) is 17.4 Å². The normalized spacial score (nSPS) is 26.1. The quantitative estimate of drug-likeness (QED) is 0.451. The van der Waals surface area contributed by atoms with Crippen molar-refractivity contribution in [2.24, 2.45) is 17.8 Å². The maximum absolute atomic E-state index is 11.5. The summed E-state index contributed by atoms with van der Waals surface area (Å²) in [4.78, 5) is 45.9. The summed E-state index contributed by atoms with van der Waals surface area (Å²) in [5.74, 6) is -7.70. The van der Waals surface area contributed by atoms with E-state index in [9.17, 15) is 39.6 Å². The molecular formula is C20H23ClO9. The highest BCUT2D eigenvalue weighted by Crippen LogP contribution is 2.48. The Bertz CT molecular complexity index is 838. The third-order valence-electron chi connectivity index (χ3n) is 5.42. The number of carbonyl (C=O) groups is 4. The van der Waals surface area contributed by atoms with E-state index in [1.807, 2.05) is 0 Å². The fraction of sp³-hybridized carbons (Fsp3) is 0.500. The number of halogens is 1. The Balaban J connectivity index is 2.58. The second kappa shape index (κ2) is 9.90. The lowest BCUT2D eigenvalue weighted by Crippen LogP contribution is -2.47. The first kappa shape index (κ1) is 23.6. The van der Waals surface area contributed by atoms with Crippen LogP contribution in [-0.4, -0.2) is 50.4 Å². The molecular weight excluding hydrogens is 420 g/mol. The van der Waals surface area contributed by atoms with E-state index >= 15 is 0 Å². The maximum atomic E-state index is 11.5. The third kappa shape index (κ3) is 5.93. The molecule has 0 aromatic heterocycles. The van der Waals surface area contributed by atoms with Crippen molar-refractivity contribution in [3.63, 3.8) is 0 Å². The Kier molecular flexibility index (Phi) is 7.80. The summed E-state index contributed by atoms with van der Waals surface area (Å²) >= 11 is 6.19. The number of benzene rings is 1. The fourth-order valence-corrected chi connectivity index (χ4v) is 4.33. The second-order valence-corrected chi connectivity index (χ2v) is 7.89. The van der Waals surface area contributed by atoms with Gasteiger partial charge in [0.05, 0.1) is 31.5 Å². The minimum atomic E-state index is -1.25. The number of carboxylic acid groups (broad SMARTS) is 4. The lowest BCUT2D eigenvalue weighted by molar-refractivity contribution is -0.181. The summed E-state index contributed by atoms with van der Waals surface area (Å²) in [6, 6.07) is 4.93. The zero-order chi connectivity index (χ0) is 22.6. The molecule has 1 aromatic rings. The number of aliphatic carboxylic acids is 4. The van der Waals surface area contributed by atoms with E-state index in [0.717, 1.165) is 5.56 Å². The van der Waals surface area contributed by atoms with Crippen LogP contribution in [0, 0.1) is 24.7 Å². The van der Waals surface area contributed by atoms with Crippen LogP contribution in [-0.2, 0) is 23.9 Å². The summed E-state index contributed by atoms with van der Waals surface area (Å²) in [6.07, 6.45) is -4.09. The van der Waals surface area contributed by atoms with Gasteiger partial charge in [-0.25, -0.2) is 0 Å². The van der Waals surface area contributed by atoms with Crippen molar-refractivity contribution in [1.29, 1.82) is 0 Å². The molecule has 1 fully saturated rings. The highest BCUT2D eigenvalue weighted by Gasteiger charge is 2.48. The van der Waals surface area contributed by atoms with E-state index in [4.69, 9.17) is 16.3 Å². The van der Waals surface area contributed by atoms with Crippen LogP contribution in [0.2, 0.25) is 5.02 Å². The number of rotatable bonds is 9. The van der Waals surface area contributed by atoms with Crippen LogP contribution in [0.4, 0.5) is 0 Å². The van der Waals surface area contributed by atoms with Gasteiger partial charge < -0.3 is 25.2 Å². The average Bonchev–Trinajstić information content (AvgIpc) is 2.60. The van der Waals surface area contributed by atoms with E-state index < -0.39 is 79.5 Å². The molecule has 5 atom stereocenters. The van der Waals surface area contributed by atoms with E-state index in [1.54, 1.807) is 25.1 Å². The van der Waals surface area contributed by atoms with Crippen molar-refractivity contribution >= 4 is 35.5 Å². The molecule has 1 aliphatic heterocycles. The minimum Gasteiger partial charge on any atom is -0.481 e. The first-order chi connectivity index (χ1) is 14.0. The number of hydrogen-bond acceptors (Lipinski definition) is 5. The van der Waals surface area contributed by atoms with Crippen molar-refractivity contribution in [3.8, 4) is 0 Å². The van der Waals surface area contributed by atoms with Gasteiger partial charge in [-0.15, -0.1) is 0 Å². The Labute approximate surface area is 177 Å². The molecule has 0 saturated carbocycles. The van der Waals surface area contributed by atoms with E-state index in [0.29, 0.717) is 10.6 Å². The molecule has 0 aliphatic carbocycles. The monoisotopic (exact) mass is 442 g/mol. The molecule has 0 amide bonds. The van der Waals surface area contributed by atoms with Crippen LogP contribution in [0.25, 0.3) is 0 Å². The first-order valence-corrected chi connectivity index (χ1v) is 9.66. The summed E-state index contributed by atoms with van der Waals surface area (Å²) in [7, 11) is 0. The fourth-order valence-electron chi connectivity index (χ4n) is 4.14. The Morgan fingerprint density at radius 3 is 1.83 bits per heavy atom. The second-order valence-electron chi connectivity index (χ2n) is 7.49. The van der Waals surface area contributed by atoms with Gasteiger partial charge in [0.25, 0.3) is 0 Å². The first-order valence-electron chi connectivity index (χ1n) is 9.28. The lowest BCUT2D eigenvalue weighted by Gasteiger charge is -2.46. The van der Waals surface area contributed by atoms with Crippen molar-refractivity contribution in [1.82, 2.24) is 0 Å². The molecule has 1 saturated heterocycles. The van der Waals surface area contributed by atoms with Crippen LogP contribution < -0.4 is 0 Å². The van der Waals surface area contributed by atoms with E-state index in [1.165, 1.54) is 0 Å². The zero-order valence-electron chi connectivity index (χ0n) is 16.2. The molecule has 10 heteroatoms. The summed E-state index contributed by atoms with van der Waals surface area (Å²) in [5.41, 5.74) is 1.25. The Hall–Kier alpha value is -2.65. The molecule has 0 radical (unpaired) electrons. The minimum absolute atomic E-state index is 0.391. The SMILES string of the molecule is Cc1ccc([C@H]2O[C@H](CC(=O)O)[C@@H](CC(=O)O)[C@@H](CC(=O)O)[C@@H]2CC(=O)O)cc1Cl. The summed E-state index contributed by atoms with van der Waals surface area (Å²) in [6.45, 7) is 1.77. The van der Waals surface area contributed by atoms with Crippen molar-refractivity contribution in [2.45, 2.75) is 44.8 Å². The topological polar surface area (TPSA) is 158 Å². The molecule has 0 bridgehead atoms. The number of aryl methyl sites for hydroxylation is 1. The molecule has 4 N–H and O–H groups in total. The van der Waals surface area contributed by atoms with Crippen LogP contribution in [0.1, 0.15) is 42.9 Å². The van der Waals surface area contributed by atoms with Gasteiger partial charge >= 0.3 is 23.9 Å². The molecule has 0 spiro atoms. The highest BCUT2D eigenvalue weighted by atomic mass is 35.5. The van der Waals surface area contributed by atoms with Crippen LogP contribution in [0.5, 0.6) is 0 Å². The van der Waals surface area contributed by atoms with Gasteiger partial charge in [0.1, 0.15) is 0 Å². The Morgan fingerprint density at radius 1 is 0.833 bits per heavy atom. The molecule has 1 heterocycles. The van der Waals surface area contributed by atoms with Crippen LogP contribution in [0.15, 0.2) is 18.2 Å². The van der Waals surface area contributed by atoms with Crippen LogP contribution in [0.3, 0.4) is 0 Å². The standard InChI is InChI=1S/C20H23ClO9/c1-9-2-3-10(4-14(9)21)20-13(7-18(26)27)11(5-16(22)23)12(6-17(24)25)15(30-20)8-19(28)29/h2-4,11-13,15,20H,5-8H2,1H3,(H,22,23)(H,24,25)(H,26,27)(H,28,29)/t11-,12+,13+,15-,20-/m1/s1. The van der Waals surface area contributed by atoms with Gasteiger partial charge in [0.15, 0.2) is 0 Å². The molecule has 0 unspecified atom stereocenters. The largest absolute Gasteiger partial charge is 0.481 e. The van der Waals surface area contributed by atoms with Crippen molar-refractivity contribution in [3.05, 3.63) is 34.3 Å². The lowest BCUT2D eigenvalue weighted by atomic mass is 9.67. The highest BCUT2D eigenvalue weighted by molar-refractivity contribution is 6.31. The van der Waals surface area contributed by atoms with Crippen molar-refractivity contribution < 1.29 is 44.3 Å². The van der Waals surface area contributed by atoms with Gasteiger partial charge in [0.2, 0.25) is 0 Å². The van der Waals surface area contributed by atoms with Crippen molar-refractivity contribution in [2.75, 3.05) is 0 Å². The zero-order valence-corrected chi connectivity index (χ0v) is 16.9. The molecule has 2 rings (SSSR count). The smallest absolute Gasteiger partial charge is 0.305 e. The Morgan fingerprint density at radius 2 is 1.33 bits per heavy atom. The van der Waals surface area contributed by atoms with E-state index in [-0.39, 0.29) is 0 Å². The number of ether oxygens (including phenoxy) is 1. The number of hydrogen-bond donors (Lipinski definition) is 4. The molecule has 1 aliphatic rings. The molecule has 30 heavy (non-hydrogen) atoms. The summed E-state index contributed by atoms with van der Waals surface area (Å²) < 4.78 is 5.96. The van der Waals surface area contributed by atoms with Gasteiger partial charge in [-0.3, -0.25) is 19.2 Å². The third-order valence-corrected chi connectivity index (χ3v) is 5.83. The van der Waals surface area contributed by atoms with Gasteiger partial charge in [-0.1, -0.05) is 23.7 Å². The predicted octanol–water partition coefficient (Wildman–Crippen LogP) is 2.84. The van der Waals surface area contributed by atoms with Gasteiger partial charge in [-0.05, 0) is 36.0 Å². The number of carboxylic acids is 4. The van der Waals surface area contributed by atoms with Gasteiger partial charge in [-0.2, -0.15) is 0 Å². The molecule has 1 aromatic carbocycles. The molecule has 9 nitrogen and oxygen atoms in total. The average molecular weight is 443 g/mol. The van der Waals surface area contributed by atoms with E-state index in [2.05, 4.69) is 0 Å².